The zero-order valence-electron chi connectivity index (χ0n) is 34.6. The lowest BCUT2D eigenvalue weighted by Gasteiger charge is -2.40. The van der Waals surface area contributed by atoms with E-state index in [1.165, 1.54) is 0 Å². The minimum absolute atomic E-state index is 0.0767. The number of aliphatic hydroxyl groups excluding tert-OH is 4. The fraction of sp³-hybridized carbons (Fsp3) is 0.604. The van der Waals surface area contributed by atoms with Crippen LogP contribution in [-0.2, 0) is 11.2 Å². The number of phenols is 1. The van der Waals surface area contributed by atoms with E-state index < -0.39 is 48.4 Å². The molecule has 9 unspecified atom stereocenters. The van der Waals surface area contributed by atoms with Gasteiger partial charge < -0.3 is 41.1 Å². The number of carboxylic acids is 1. The first-order valence-electron chi connectivity index (χ1n) is 21.3. The van der Waals surface area contributed by atoms with Crippen LogP contribution >= 0.6 is 0 Å². The first-order valence-corrected chi connectivity index (χ1v) is 21.3. The fourth-order valence-corrected chi connectivity index (χ4v) is 8.63. The van der Waals surface area contributed by atoms with Crippen LogP contribution in [-0.4, -0.2) is 84.8 Å². The molecule has 57 heavy (non-hydrogen) atoms. The number of aliphatic carboxylic acids is 1. The van der Waals surface area contributed by atoms with E-state index in [4.69, 9.17) is 0 Å². The lowest BCUT2D eigenvalue weighted by Crippen LogP contribution is -2.50. The number of aromatic hydroxyl groups is 1. The molecule has 4 rings (SSSR count). The van der Waals surface area contributed by atoms with Gasteiger partial charge in [-0.15, -0.1) is 0 Å². The topological polar surface area (TPSA) is 171 Å². The molecule has 0 saturated heterocycles. The summed E-state index contributed by atoms with van der Waals surface area (Å²) in [5.74, 6) is 6.26. The van der Waals surface area contributed by atoms with Gasteiger partial charge in [-0.1, -0.05) is 113 Å². The lowest BCUT2D eigenvalue weighted by molar-refractivity contribution is -0.137. The van der Waals surface area contributed by atoms with Crippen LogP contribution in [0.25, 0.3) is 0 Å². The van der Waals surface area contributed by atoms with Gasteiger partial charge in [0.1, 0.15) is 5.75 Å². The number of allylic oxidation sites excluding steroid dienone is 2. The Balaban J connectivity index is 1.95. The molecule has 8 N–H and O–H groups in total. The van der Waals surface area contributed by atoms with Crippen molar-refractivity contribution in [3.05, 3.63) is 88.5 Å². The maximum absolute atomic E-state index is 12.4. The van der Waals surface area contributed by atoms with E-state index >= 15 is 0 Å². The van der Waals surface area contributed by atoms with Crippen molar-refractivity contribution >= 4 is 5.97 Å². The van der Waals surface area contributed by atoms with Gasteiger partial charge in [-0.3, -0.25) is 4.79 Å². The quantitative estimate of drug-likeness (QED) is 0.0690. The Morgan fingerprint density at radius 1 is 0.982 bits per heavy atom. The molecule has 0 fully saturated rings. The Labute approximate surface area is 341 Å². The lowest BCUT2D eigenvalue weighted by atomic mass is 9.72. The highest BCUT2D eigenvalue weighted by Gasteiger charge is 2.38. The summed E-state index contributed by atoms with van der Waals surface area (Å²) in [5, 5.41) is 79.2. The van der Waals surface area contributed by atoms with E-state index in [1.54, 1.807) is 37.3 Å². The number of aryl methyl sites for hydroxylation is 1. The van der Waals surface area contributed by atoms with Crippen molar-refractivity contribution in [3.63, 3.8) is 0 Å². The highest BCUT2D eigenvalue weighted by atomic mass is 16.4. The molecule has 1 aliphatic carbocycles. The van der Waals surface area contributed by atoms with Gasteiger partial charge in [0.05, 0.1) is 36.4 Å². The van der Waals surface area contributed by atoms with E-state index in [0.717, 1.165) is 66.4 Å². The van der Waals surface area contributed by atoms with Crippen molar-refractivity contribution in [1.82, 2.24) is 5.32 Å². The summed E-state index contributed by atoms with van der Waals surface area (Å²) < 4.78 is 0. The SMILES string of the molecule is CCCCC(O)C(O)C=CC1=C(CC(O)CO)C2NCC(C)(O)C(c3ccc(O)cc3)C#CC(CC2CCC(CCC(=O)O)CCC(C)C)c2ccccc2CC1. The number of rotatable bonds is 19. The van der Waals surface area contributed by atoms with Crippen LogP contribution in [0.3, 0.4) is 0 Å². The molecule has 2 aromatic rings. The molecule has 0 amide bonds. The molecule has 0 radical (unpaired) electrons. The van der Waals surface area contributed by atoms with Gasteiger partial charge in [0.15, 0.2) is 0 Å². The number of aliphatic hydroxyl groups is 5. The van der Waals surface area contributed by atoms with Crippen LogP contribution < -0.4 is 5.32 Å². The van der Waals surface area contributed by atoms with Crippen molar-refractivity contribution in [2.24, 2.45) is 17.8 Å². The van der Waals surface area contributed by atoms with Gasteiger partial charge in [-0.2, -0.15) is 0 Å². The predicted molar refractivity (Wildman–Crippen MR) is 226 cm³/mol. The Morgan fingerprint density at radius 3 is 2.40 bits per heavy atom. The second-order valence-electron chi connectivity index (χ2n) is 17.3. The summed E-state index contributed by atoms with van der Waals surface area (Å²) in [7, 11) is 0. The van der Waals surface area contributed by atoms with E-state index in [1.807, 2.05) is 25.1 Å². The van der Waals surface area contributed by atoms with Crippen molar-refractivity contribution in [1.29, 1.82) is 0 Å². The molecule has 9 nitrogen and oxygen atoms in total. The molecule has 9 atom stereocenters. The Hall–Kier alpha value is -3.49. The molecular formula is C48H69NO8. The van der Waals surface area contributed by atoms with Crippen LogP contribution in [0.4, 0.5) is 0 Å². The third kappa shape index (κ3) is 14.1. The van der Waals surface area contributed by atoms with Gasteiger partial charge in [0.2, 0.25) is 0 Å². The number of benzene rings is 2. The largest absolute Gasteiger partial charge is 0.508 e. The minimum Gasteiger partial charge on any atom is -0.508 e. The molecule has 1 heterocycles. The second kappa shape index (κ2) is 22.6. The zero-order chi connectivity index (χ0) is 41.5. The maximum Gasteiger partial charge on any atom is 0.303 e. The van der Waals surface area contributed by atoms with Crippen molar-refractivity contribution < 1.29 is 40.5 Å². The Kier molecular flexibility index (Phi) is 18.3. The van der Waals surface area contributed by atoms with Crippen LogP contribution in [0, 0.1) is 29.6 Å². The Morgan fingerprint density at radius 2 is 1.72 bits per heavy atom. The van der Waals surface area contributed by atoms with Crippen LogP contribution in [0.1, 0.15) is 133 Å². The number of unbranched alkanes of at least 4 members (excludes halogenated alkanes) is 1. The number of fused-ring (bicyclic) bond motifs is 5. The number of carboxylic acid groups (broad SMARTS) is 1. The minimum atomic E-state index is -1.38. The highest BCUT2D eigenvalue weighted by Crippen LogP contribution is 2.40. The van der Waals surface area contributed by atoms with E-state index in [9.17, 15) is 40.5 Å². The number of carbonyl (C=O) groups is 1. The molecule has 2 aliphatic rings. The summed E-state index contributed by atoms with van der Waals surface area (Å²) in [6.07, 6.45) is 8.75. The van der Waals surface area contributed by atoms with Crippen molar-refractivity contribution in [2.75, 3.05) is 13.2 Å². The highest BCUT2D eigenvalue weighted by molar-refractivity contribution is 5.66. The van der Waals surface area contributed by atoms with E-state index in [0.29, 0.717) is 38.0 Å². The molecule has 0 spiro atoms. The molecule has 0 aromatic heterocycles. The van der Waals surface area contributed by atoms with Gasteiger partial charge >= 0.3 is 5.97 Å². The summed E-state index contributed by atoms with van der Waals surface area (Å²) >= 11 is 0. The van der Waals surface area contributed by atoms with Crippen molar-refractivity contribution in [2.45, 2.75) is 153 Å². The van der Waals surface area contributed by atoms with E-state index in [-0.39, 0.29) is 42.9 Å². The summed E-state index contributed by atoms with van der Waals surface area (Å²) in [6.45, 7) is 7.87. The van der Waals surface area contributed by atoms with Gasteiger partial charge in [-0.25, -0.2) is 0 Å². The summed E-state index contributed by atoms with van der Waals surface area (Å²) in [6, 6.07) is 14.7. The molecule has 314 valence electrons. The van der Waals surface area contributed by atoms with Crippen LogP contribution in [0.15, 0.2) is 71.8 Å². The Bertz CT molecular complexity index is 1670. The average Bonchev–Trinajstić information content (AvgIpc) is 3.18. The van der Waals surface area contributed by atoms with Gasteiger partial charge in [0.25, 0.3) is 0 Å². The molecule has 9 heteroatoms. The smallest absolute Gasteiger partial charge is 0.303 e. The molecule has 1 aliphatic heterocycles. The number of hydrogen-bond acceptors (Lipinski definition) is 8. The zero-order valence-corrected chi connectivity index (χ0v) is 34.6. The molecule has 0 saturated carbocycles. The third-order valence-electron chi connectivity index (χ3n) is 12.1. The first kappa shape index (κ1) is 46.2. The average molecular weight is 788 g/mol. The van der Waals surface area contributed by atoms with Crippen LogP contribution in [0.5, 0.6) is 5.75 Å². The first-order chi connectivity index (χ1) is 27.2. The number of hydrogen-bond donors (Lipinski definition) is 8. The van der Waals surface area contributed by atoms with Gasteiger partial charge in [0, 0.05) is 24.9 Å². The molecular weight excluding hydrogens is 719 g/mol. The monoisotopic (exact) mass is 788 g/mol. The summed E-state index contributed by atoms with van der Waals surface area (Å²) in [4.78, 5) is 11.7. The van der Waals surface area contributed by atoms with Gasteiger partial charge in [-0.05, 0) is 110 Å². The molecule has 2 bridgehead atoms. The number of phenolic OH excluding ortho intramolecular Hbond substituents is 1. The third-order valence-corrected chi connectivity index (χ3v) is 12.1. The molecule has 2 aromatic carbocycles. The summed E-state index contributed by atoms with van der Waals surface area (Å²) in [5.41, 5.74) is 3.39. The standard InChI is InChI=1S/C48H69NO8/c1-5-6-11-44(53)45(54)26-22-35-18-17-34-9-7-8-10-41(34)37-21-25-43(36-19-23-39(51)24-20-36)48(4,57)31-49-47(42(35)29-40(52)30-50)38(28-37)16-14-33(13-12-32(2)3)15-27-46(55)56/h7-10,19-20,22-24,26,32-33,37-38,40,43-45,47,49-54,57H,5-6,11-18,27-31H2,1-4H3,(H,55,56). The van der Waals surface area contributed by atoms with E-state index in [2.05, 4.69) is 43.1 Å². The van der Waals surface area contributed by atoms with Crippen LogP contribution in [0.2, 0.25) is 0 Å². The number of β-amino-alcohol motifs (C(OH)–C–C–N with tert-alkyl or cyclic N) is 1. The normalized spacial score (nSPS) is 25.0. The maximum atomic E-state index is 12.4. The predicted octanol–water partition coefficient (Wildman–Crippen LogP) is 7.14. The second-order valence-corrected chi connectivity index (χ2v) is 17.3. The fourth-order valence-electron chi connectivity index (χ4n) is 8.63. The van der Waals surface area contributed by atoms with Crippen molar-refractivity contribution in [3.8, 4) is 17.6 Å². The number of nitrogens with one attached hydrogen (secondary N) is 1.